The van der Waals surface area contributed by atoms with Gasteiger partial charge in [-0.05, 0) is 38.3 Å². The van der Waals surface area contributed by atoms with Crippen molar-refractivity contribution in [2.24, 2.45) is 5.92 Å². The molecular formula is C14H25N3. The van der Waals surface area contributed by atoms with Crippen molar-refractivity contribution in [3.8, 4) is 0 Å². The van der Waals surface area contributed by atoms with Gasteiger partial charge in [0.05, 0.1) is 12.7 Å². The lowest BCUT2D eigenvalue weighted by atomic mass is 9.85. The van der Waals surface area contributed by atoms with Gasteiger partial charge >= 0.3 is 0 Å². The molecule has 1 aromatic rings. The van der Waals surface area contributed by atoms with Gasteiger partial charge in [-0.3, -0.25) is 4.68 Å². The van der Waals surface area contributed by atoms with Crippen LogP contribution in [-0.4, -0.2) is 34.3 Å². The molecule has 0 aliphatic heterocycles. The van der Waals surface area contributed by atoms with Gasteiger partial charge in [0.25, 0.3) is 0 Å². The third-order valence-corrected chi connectivity index (χ3v) is 4.08. The fraction of sp³-hybridized carbons (Fsp3) is 0.786. The average Bonchev–Trinajstić information content (AvgIpc) is 2.73. The van der Waals surface area contributed by atoms with E-state index < -0.39 is 0 Å². The van der Waals surface area contributed by atoms with E-state index >= 15 is 0 Å². The number of hydrogen-bond donors (Lipinski definition) is 0. The molecule has 1 aliphatic rings. The molecule has 2 atom stereocenters. The molecule has 1 saturated carbocycles. The Bertz CT molecular complexity index is 345. The Labute approximate surface area is 105 Å². The van der Waals surface area contributed by atoms with Crippen LogP contribution in [0.15, 0.2) is 12.4 Å². The molecule has 3 heteroatoms. The molecule has 96 valence electrons. The topological polar surface area (TPSA) is 21.1 Å². The smallest absolute Gasteiger partial charge is 0.0536 e. The normalized spacial score (nSPS) is 25.4. The second kappa shape index (κ2) is 5.67. The number of likely N-dealkylation sites (N-methyl/N-ethyl adjacent to an activating group) is 1. The number of hydrogen-bond acceptors (Lipinski definition) is 2. The monoisotopic (exact) mass is 235 g/mol. The first-order valence-electron chi connectivity index (χ1n) is 6.86. The van der Waals surface area contributed by atoms with E-state index in [4.69, 9.17) is 0 Å². The zero-order valence-electron chi connectivity index (χ0n) is 11.4. The van der Waals surface area contributed by atoms with Gasteiger partial charge in [0.15, 0.2) is 0 Å². The Morgan fingerprint density at radius 3 is 2.82 bits per heavy atom. The van der Waals surface area contributed by atoms with Crippen molar-refractivity contribution in [1.82, 2.24) is 14.7 Å². The maximum atomic E-state index is 4.34. The van der Waals surface area contributed by atoms with Crippen LogP contribution < -0.4 is 0 Å². The molecule has 1 aromatic heterocycles. The van der Waals surface area contributed by atoms with E-state index in [0.717, 1.165) is 25.0 Å². The lowest BCUT2D eigenvalue weighted by Gasteiger charge is -2.36. The van der Waals surface area contributed by atoms with Gasteiger partial charge in [-0.15, -0.1) is 0 Å². The Morgan fingerprint density at radius 1 is 1.41 bits per heavy atom. The third-order valence-electron chi connectivity index (χ3n) is 4.08. The van der Waals surface area contributed by atoms with E-state index in [9.17, 15) is 0 Å². The predicted molar refractivity (Wildman–Crippen MR) is 71.0 cm³/mol. The van der Waals surface area contributed by atoms with E-state index in [1.165, 1.54) is 31.2 Å². The molecule has 0 bridgehead atoms. The summed E-state index contributed by atoms with van der Waals surface area (Å²) in [7, 11) is 2.27. The summed E-state index contributed by atoms with van der Waals surface area (Å²) in [6, 6.07) is 0.778. The van der Waals surface area contributed by atoms with Crippen LogP contribution in [0.2, 0.25) is 0 Å². The summed E-state index contributed by atoms with van der Waals surface area (Å²) in [6.07, 6.45) is 9.65. The number of aryl methyl sites for hydroxylation is 1. The van der Waals surface area contributed by atoms with E-state index in [-0.39, 0.29) is 0 Å². The fourth-order valence-corrected chi connectivity index (χ4v) is 2.97. The highest BCUT2D eigenvalue weighted by molar-refractivity contribution is 4.99. The summed E-state index contributed by atoms with van der Waals surface area (Å²) in [5.74, 6) is 0.855. The van der Waals surface area contributed by atoms with Crippen LogP contribution >= 0.6 is 0 Å². The minimum Gasteiger partial charge on any atom is -0.301 e. The van der Waals surface area contributed by atoms with Crippen molar-refractivity contribution in [1.29, 1.82) is 0 Å². The maximum absolute atomic E-state index is 4.34. The lowest BCUT2D eigenvalue weighted by molar-refractivity contribution is 0.134. The second-order valence-corrected chi connectivity index (χ2v) is 5.59. The van der Waals surface area contributed by atoms with E-state index in [1.54, 1.807) is 0 Å². The summed E-state index contributed by atoms with van der Waals surface area (Å²) in [5.41, 5.74) is 1.25. The van der Waals surface area contributed by atoms with Crippen molar-refractivity contribution in [2.75, 3.05) is 13.6 Å². The molecule has 3 nitrogen and oxygen atoms in total. The van der Waals surface area contributed by atoms with Gasteiger partial charge in [0.2, 0.25) is 0 Å². The Hall–Kier alpha value is -0.830. The van der Waals surface area contributed by atoms with Gasteiger partial charge < -0.3 is 4.90 Å². The van der Waals surface area contributed by atoms with Crippen LogP contribution in [0, 0.1) is 12.8 Å². The molecule has 1 aliphatic carbocycles. The van der Waals surface area contributed by atoms with Gasteiger partial charge in [-0.2, -0.15) is 5.10 Å². The Kier molecular flexibility index (Phi) is 4.21. The largest absolute Gasteiger partial charge is 0.301 e. The van der Waals surface area contributed by atoms with Gasteiger partial charge in [-0.1, -0.05) is 19.8 Å². The zero-order valence-corrected chi connectivity index (χ0v) is 11.4. The highest BCUT2D eigenvalue weighted by Gasteiger charge is 2.24. The predicted octanol–water partition coefficient (Wildman–Crippen LogP) is 2.70. The third kappa shape index (κ3) is 3.32. The fourth-order valence-electron chi connectivity index (χ4n) is 2.97. The Morgan fingerprint density at radius 2 is 2.18 bits per heavy atom. The van der Waals surface area contributed by atoms with Crippen molar-refractivity contribution < 1.29 is 0 Å². The lowest BCUT2D eigenvalue weighted by Crippen LogP contribution is -2.40. The standard InChI is InChI=1S/C14H25N3/c1-12-10-15-17(11-12)9-8-16(3)14-7-5-4-6-13(14)2/h10-11,13-14H,4-9H2,1-3H3. The first kappa shape index (κ1) is 12.6. The van der Waals surface area contributed by atoms with Crippen LogP contribution in [0.1, 0.15) is 38.2 Å². The van der Waals surface area contributed by atoms with E-state index in [1.807, 2.05) is 6.20 Å². The van der Waals surface area contributed by atoms with Crippen LogP contribution in [0.5, 0.6) is 0 Å². The van der Waals surface area contributed by atoms with Gasteiger partial charge in [0.1, 0.15) is 0 Å². The summed E-state index contributed by atoms with van der Waals surface area (Å²) >= 11 is 0. The van der Waals surface area contributed by atoms with Crippen molar-refractivity contribution in [2.45, 2.75) is 52.1 Å². The minimum atomic E-state index is 0.778. The van der Waals surface area contributed by atoms with Crippen molar-refractivity contribution in [3.63, 3.8) is 0 Å². The van der Waals surface area contributed by atoms with Crippen LogP contribution in [0.4, 0.5) is 0 Å². The molecule has 2 unspecified atom stereocenters. The molecule has 0 N–H and O–H groups in total. The quantitative estimate of drug-likeness (QED) is 0.800. The number of rotatable bonds is 4. The summed E-state index contributed by atoms with van der Waals surface area (Å²) in [4.78, 5) is 2.53. The molecule has 1 fully saturated rings. The summed E-state index contributed by atoms with van der Waals surface area (Å²) in [5, 5.41) is 4.34. The van der Waals surface area contributed by atoms with Crippen molar-refractivity contribution >= 4 is 0 Å². The maximum Gasteiger partial charge on any atom is 0.0536 e. The molecule has 17 heavy (non-hydrogen) atoms. The zero-order chi connectivity index (χ0) is 12.3. The van der Waals surface area contributed by atoms with E-state index in [2.05, 4.69) is 41.8 Å². The van der Waals surface area contributed by atoms with Crippen LogP contribution in [0.3, 0.4) is 0 Å². The SMILES string of the molecule is Cc1cnn(CCN(C)C2CCCCC2C)c1. The van der Waals surface area contributed by atoms with E-state index in [0.29, 0.717) is 0 Å². The van der Waals surface area contributed by atoms with Crippen LogP contribution in [-0.2, 0) is 6.54 Å². The van der Waals surface area contributed by atoms with Crippen LogP contribution in [0.25, 0.3) is 0 Å². The molecular weight excluding hydrogens is 210 g/mol. The molecule has 0 radical (unpaired) electrons. The van der Waals surface area contributed by atoms with Gasteiger partial charge in [-0.25, -0.2) is 0 Å². The molecule has 2 rings (SSSR count). The highest BCUT2D eigenvalue weighted by Crippen LogP contribution is 2.27. The molecule has 1 heterocycles. The van der Waals surface area contributed by atoms with Gasteiger partial charge in [0, 0.05) is 18.8 Å². The highest BCUT2D eigenvalue weighted by atomic mass is 15.3. The summed E-state index contributed by atoms with van der Waals surface area (Å²) in [6.45, 7) is 6.61. The number of aromatic nitrogens is 2. The molecule has 0 saturated heterocycles. The average molecular weight is 235 g/mol. The van der Waals surface area contributed by atoms with Crippen molar-refractivity contribution in [3.05, 3.63) is 18.0 Å². The second-order valence-electron chi connectivity index (χ2n) is 5.59. The molecule has 0 spiro atoms. The first-order valence-corrected chi connectivity index (χ1v) is 6.86. The molecule has 0 aromatic carbocycles. The first-order chi connectivity index (χ1) is 8.16. The minimum absolute atomic E-state index is 0.778. The molecule has 0 amide bonds. The Balaban J connectivity index is 1.82. The summed E-state index contributed by atoms with van der Waals surface area (Å²) < 4.78 is 2.05. The number of nitrogens with zero attached hydrogens (tertiary/aromatic N) is 3.